The highest BCUT2D eigenvalue weighted by Crippen LogP contribution is 2.12. The van der Waals surface area contributed by atoms with Gasteiger partial charge in [0.25, 0.3) is 0 Å². The van der Waals surface area contributed by atoms with E-state index in [1.54, 1.807) is 0 Å². The fourth-order valence-corrected chi connectivity index (χ4v) is 1.11. The Labute approximate surface area is 58.8 Å². The summed E-state index contributed by atoms with van der Waals surface area (Å²) < 4.78 is 0. The molecule has 0 aromatic carbocycles. The molecule has 0 spiro atoms. The lowest BCUT2D eigenvalue weighted by molar-refractivity contribution is 0.362. The van der Waals surface area contributed by atoms with Crippen molar-refractivity contribution >= 4 is 0 Å². The molecule has 1 nitrogen and oxygen atoms in total. The van der Waals surface area contributed by atoms with E-state index in [0.717, 1.165) is 18.4 Å². The topological polar surface area (TPSA) is 12.0 Å². The van der Waals surface area contributed by atoms with Crippen molar-refractivity contribution < 1.29 is 0 Å². The van der Waals surface area contributed by atoms with E-state index in [2.05, 4.69) is 26.1 Å². The summed E-state index contributed by atoms with van der Waals surface area (Å²) in [5.74, 6) is 1.68. The van der Waals surface area contributed by atoms with Crippen molar-refractivity contribution in [2.75, 3.05) is 13.6 Å². The maximum Gasteiger partial charge on any atom is -0.00212 e. The first-order valence-corrected chi connectivity index (χ1v) is 3.87. The lowest BCUT2D eigenvalue weighted by Crippen LogP contribution is -2.22. The Hall–Kier alpha value is -0.0400. The lowest BCUT2D eigenvalue weighted by Gasteiger charge is -2.17. The lowest BCUT2D eigenvalue weighted by atomic mass is 9.93. The summed E-state index contributed by atoms with van der Waals surface area (Å²) in [6, 6.07) is 0. The van der Waals surface area contributed by atoms with Gasteiger partial charge in [-0.25, -0.2) is 0 Å². The molecule has 1 atom stereocenters. The zero-order valence-electron chi connectivity index (χ0n) is 7.07. The minimum Gasteiger partial charge on any atom is -0.319 e. The Morgan fingerprint density at radius 1 is 1.33 bits per heavy atom. The predicted octanol–water partition coefficient (Wildman–Crippen LogP) is 1.89. The van der Waals surface area contributed by atoms with Crippen LogP contribution in [0.3, 0.4) is 0 Å². The smallest absolute Gasteiger partial charge is 0.00212 e. The van der Waals surface area contributed by atoms with Crippen LogP contribution in [0.4, 0.5) is 0 Å². The van der Waals surface area contributed by atoms with Crippen LogP contribution in [0.5, 0.6) is 0 Å². The molecule has 56 valence electrons. The van der Waals surface area contributed by atoms with E-state index >= 15 is 0 Å². The molecule has 0 aliphatic carbocycles. The van der Waals surface area contributed by atoms with Crippen LogP contribution in [0.15, 0.2) is 0 Å². The van der Waals surface area contributed by atoms with Crippen LogP contribution in [-0.4, -0.2) is 13.6 Å². The molecule has 0 saturated heterocycles. The highest BCUT2D eigenvalue weighted by molar-refractivity contribution is 4.61. The molecule has 0 aliphatic rings. The Kier molecular flexibility index (Phi) is 4.78. The second-order valence-corrected chi connectivity index (χ2v) is 2.97. The monoisotopic (exact) mass is 129 g/mol. The highest BCUT2D eigenvalue weighted by atomic mass is 14.8. The fraction of sp³-hybridized carbons (Fsp3) is 1.00. The first-order valence-electron chi connectivity index (χ1n) is 3.87. The fourth-order valence-electron chi connectivity index (χ4n) is 1.11. The van der Waals surface area contributed by atoms with E-state index in [4.69, 9.17) is 0 Å². The molecule has 1 heteroatoms. The van der Waals surface area contributed by atoms with E-state index in [-0.39, 0.29) is 0 Å². The van der Waals surface area contributed by atoms with Gasteiger partial charge in [0.15, 0.2) is 0 Å². The number of hydrogen-bond donors (Lipinski definition) is 1. The molecule has 0 bridgehead atoms. The molecule has 1 N–H and O–H groups in total. The quantitative estimate of drug-likeness (QED) is 0.611. The Balaban J connectivity index is 3.41. The third-order valence-corrected chi connectivity index (χ3v) is 1.93. The Bertz CT molecular complexity index is 59.6. The van der Waals surface area contributed by atoms with Crippen molar-refractivity contribution in [3.05, 3.63) is 0 Å². The van der Waals surface area contributed by atoms with Crippen molar-refractivity contribution in [2.24, 2.45) is 11.8 Å². The van der Waals surface area contributed by atoms with Gasteiger partial charge in [-0.05, 0) is 25.4 Å². The third kappa shape index (κ3) is 3.52. The van der Waals surface area contributed by atoms with Crippen LogP contribution in [0, 0.1) is 11.8 Å². The zero-order chi connectivity index (χ0) is 7.28. The van der Waals surface area contributed by atoms with Crippen LogP contribution in [0.25, 0.3) is 0 Å². The van der Waals surface area contributed by atoms with Gasteiger partial charge >= 0.3 is 0 Å². The second-order valence-electron chi connectivity index (χ2n) is 2.97. The van der Waals surface area contributed by atoms with Crippen LogP contribution in [0.1, 0.15) is 27.2 Å². The van der Waals surface area contributed by atoms with Gasteiger partial charge in [0.05, 0.1) is 0 Å². The summed E-state index contributed by atoms with van der Waals surface area (Å²) in [6.07, 6.45) is 1.29. The van der Waals surface area contributed by atoms with Gasteiger partial charge in [-0.3, -0.25) is 0 Å². The molecular formula is C8H19N. The maximum absolute atomic E-state index is 3.20. The maximum atomic E-state index is 3.20. The molecule has 0 rings (SSSR count). The molecule has 0 aliphatic heterocycles. The van der Waals surface area contributed by atoms with Crippen LogP contribution < -0.4 is 5.32 Å². The average molecular weight is 129 g/mol. The van der Waals surface area contributed by atoms with Gasteiger partial charge in [0.1, 0.15) is 0 Å². The molecular weight excluding hydrogens is 110 g/mol. The average Bonchev–Trinajstić information content (AvgIpc) is 1.82. The van der Waals surface area contributed by atoms with Crippen molar-refractivity contribution in [1.29, 1.82) is 0 Å². The molecule has 0 heterocycles. The van der Waals surface area contributed by atoms with Crippen LogP contribution >= 0.6 is 0 Å². The first kappa shape index (κ1) is 8.96. The van der Waals surface area contributed by atoms with Crippen molar-refractivity contribution in [3.63, 3.8) is 0 Å². The number of rotatable bonds is 4. The van der Waals surface area contributed by atoms with Gasteiger partial charge in [0.2, 0.25) is 0 Å². The molecule has 0 fully saturated rings. The van der Waals surface area contributed by atoms with E-state index < -0.39 is 0 Å². The summed E-state index contributed by atoms with van der Waals surface area (Å²) in [7, 11) is 2.02. The van der Waals surface area contributed by atoms with Crippen molar-refractivity contribution in [1.82, 2.24) is 5.32 Å². The zero-order valence-corrected chi connectivity index (χ0v) is 7.07. The van der Waals surface area contributed by atoms with Gasteiger partial charge in [-0.15, -0.1) is 0 Å². The van der Waals surface area contributed by atoms with Gasteiger partial charge in [-0.1, -0.05) is 27.2 Å². The Morgan fingerprint density at radius 2 is 1.89 bits per heavy atom. The van der Waals surface area contributed by atoms with E-state index in [9.17, 15) is 0 Å². The number of hydrogen-bond acceptors (Lipinski definition) is 1. The second kappa shape index (κ2) is 4.80. The minimum atomic E-state index is 0.822. The SMILES string of the molecule is CC[C@@H](CNC)C(C)C. The van der Waals surface area contributed by atoms with Gasteiger partial charge in [-0.2, -0.15) is 0 Å². The Morgan fingerprint density at radius 3 is 2.00 bits per heavy atom. The molecule has 0 aromatic rings. The summed E-state index contributed by atoms with van der Waals surface area (Å²) in [5, 5.41) is 3.20. The first-order chi connectivity index (χ1) is 4.22. The summed E-state index contributed by atoms with van der Waals surface area (Å²) in [4.78, 5) is 0. The molecule has 9 heavy (non-hydrogen) atoms. The normalized spacial score (nSPS) is 14.3. The van der Waals surface area contributed by atoms with E-state index in [1.807, 2.05) is 7.05 Å². The summed E-state index contributed by atoms with van der Waals surface area (Å²) in [6.45, 7) is 7.98. The minimum absolute atomic E-state index is 0.822. The summed E-state index contributed by atoms with van der Waals surface area (Å²) >= 11 is 0. The van der Waals surface area contributed by atoms with Crippen LogP contribution in [-0.2, 0) is 0 Å². The van der Waals surface area contributed by atoms with E-state index in [1.165, 1.54) is 6.42 Å². The molecule has 0 unspecified atom stereocenters. The molecule has 0 radical (unpaired) electrons. The third-order valence-electron chi connectivity index (χ3n) is 1.93. The van der Waals surface area contributed by atoms with Gasteiger partial charge in [0, 0.05) is 0 Å². The van der Waals surface area contributed by atoms with Gasteiger partial charge < -0.3 is 5.32 Å². The number of nitrogens with one attached hydrogen (secondary N) is 1. The van der Waals surface area contributed by atoms with Crippen LogP contribution in [0.2, 0.25) is 0 Å². The van der Waals surface area contributed by atoms with E-state index in [0.29, 0.717) is 0 Å². The molecule has 0 aromatic heterocycles. The highest BCUT2D eigenvalue weighted by Gasteiger charge is 2.08. The standard InChI is InChI=1S/C8H19N/c1-5-8(6-9-4)7(2)3/h7-9H,5-6H2,1-4H3/t8-/m0/s1. The predicted molar refractivity (Wildman–Crippen MR) is 42.5 cm³/mol. The summed E-state index contributed by atoms with van der Waals surface area (Å²) in [5.41, 5.74) is 0. The van der Waals surface area contributed by atoms with Crippen molar-refractivity contribution in [3.8, 4) is 0 Å². The molecule has 0 saturated carbocycles. The molecule has 0 amide bonds. The largest absolute Gasteiger partial charge is 0.319 e. The van der Waals surface area contributed by atoms with Crippen molar-refractivity contribution in [2.45, 2.75) is 27.2 Å².